The van der Waals surface area contributed by atoms with Crippen LogP contribution in [0, 0.1) is 0 Å². The lowest BCUT2D eigenvalue weighted by Crippen LogP contribution is -2.15. The van der Waals surface area contributed by atoms with E-state index in [2.05, 4.69) is 4.98 Å². The van der Waals surface area contributed by atoms with Crippen LogP contribution in [0.1, 0.15) is 5.56 Å². The molecule has 0 radical (unpaired) electrons. The van der Waals surface area contributed by atoms with E-state index in [1.807, 2.05) is 0 Å². The van der Waals surface area contributed by atoms with Gasteiger partial charge in [-0.2, -0.15) is 0 Å². The molecule has 1 heterocycles. The number of hydrogen-bond donors (Lipinski definition) is 2. The summed E-state index contributed by atoms with van der Waals surface area (Å²) in [6.45, 7) is 0.207. The number of aromatic amines is 1. The molecule has 0 aliphatic carbocycles. The number of nitrogens with two attached hydrogens (primary N) is 1. The van der Waals surface area contributed by atoms with Gasteiger partial charge in [0.2, 0.25) is 0 Å². The summed E-state index contributed by atoms with van der Waals surface area (Å²) < 4.78 is 0. The van der Waals surface area contributed by atoms with E-state index in [1.165, 1.54) is 0 Å². The van der Waals surface area contributed by atoms with Gasteiger partial charge in [-0.1, -0.05) is 29.3 Å². The topological polar surface area (TPSA) is 58.9 Å². The second kappa shape index (κ2) is 4.92. The Balaban J connectivity index is 2.57. The Hall–Kier alpha value is -1.29. The maximum absolute atomic E-state index is 11.6. The van der Waals surface area contributed by atoms with Gasteiger partial charge < -0.3 is 10.7 Å². The Morgan fingerprint density at radius 1 is 1.18 bits per heavy atom. The largest absolute Gasteiger partial charge is 0.326 e. The first-order valence-electron chi connectivity index (χ1n) is 4.99. The molecule has 0 fully saturated rings. The van der Waals surface area contributed by atoms with Crippen molar-refractivity contribution < 1.29 is 0 Å². The quantitative estimate of drug-likeness (QED) is 0.880. The van der Waals surface area contributed by atoms with Crippen LogP contribution in [0.3, 0.4) is 0 Å². The molecule has 0 saturated heterocycles. The highest BCUT2D eigenvalue weighted by molar-refractivity contribution is 6.35. The maximum atomic E-state index is 11.6. The molecule has 2 rings (SSSR count). The normalized spacial score (nSPS) is 10.5. The third kappa shape index (κ3) is 2.52. The average Bonchev–Trinajstić information content (AvgIpc) is 2.32. The van der Waals surface area contributed by atoms with Crippen LogP contribution in [-0.2, 0) is 6.54 Å². The fraction of sp³-hybridized carbons (Fsp3) is 0.0833. The second-order valence-corrected chi connectivity index (χ2v) is 4.40. The zero-order valence-electron chi connectivity index (χ0n) is 8.84. The van der Waals surface area contributed by atoms with Crippen LogP contribution in [0.2, 0.25) is 10.0 Å². The van der Waals surface area contributed by atoms with Crippen molar-refractivity contribution in [1.29, 1.82) is 0 Å². The zero-order chi connectivity index (χ0) is 12.4. The summed E-state index contributed by atoms with van der Waals surface area (Å²) in [5.41, 5.74) is 7.07. The van der Waals surface area contributed by atoms with Crippen LogP contribution in [0.15, 0.2) is 35.1 Å². The Kier molecular flexibility index (Phi) is 3.52. The van der Waals surface area contributed by atoms with E-state index in [0.29, 0.717) is 26.9 Å². The fourth-order valence-electron chi connectivity index (χ4n) is 1.53. The second-order valence-electron chi connectivity index (χ2n) is 3.55. The summed E-state index contributed by atoms with van der Waals surface area (Å²) in [6.07, 6.45) is 0. The van der Waals surface area contributed by atoms with Crippen molar-refractivity contribution in [2.24, 2.45) is 5.73 Å². The van der Waals surface area contributed by atoms with Gasteiger partial charge in [-0.3, -0.25) is 4.79 Å². The fourth-order valence-corrected chi connectivity index (χ4v) is 1.92. The number of H-pyrrole nitrogens is 1. The number of nitrogens with one attached hydrogen (secondary N) is 1. The van der Waals surface area contributed by atoms with Gasteiger partial charge in [0.1, 0.15) is 0 Å². The Bertz CT molecular complexity index is 608. The molecule has 0 amide bonds. The molecule has 0 unspecified atom stereocenters. The van der Waals surface area contributed by atoms with Gasteiger partial charge in [-0.15, -0.1) is 0 Å². The van der Waals surface area contributed by atoms with Crippen molar-refractivity contribution in [3.05, 3.63) is 56.3 Å². The van der Waals surface area contributed by atoms with Crippen LogP contribution < -0.4 is 11.3 Å². The standard InChI is InChI=1S/C12H10Cl2N2O/c13-8-2-3-10(14)9(5-8)11-4-1-7(6-15)12(17)16-11/h1-5H,6,15H2,(H,16,17). The lowest BCUT2D eigenvalue weighted by atomic mass is 10.1. The van der Waals surface area contributed by atoms with Crippen molar-refractivity contribution in [1.82, 2.24) is 4.98 Å². The minimum absolute atomic E-state index is 0.207. The molecular formula is C12H10Cl2N2O. The van der Waals surface area contributed by atoms with Crippen molar-refractivity contribution in [3.8, 4) is 11.3 Å². The van der Waals surface area contributed by atoms with Crippen molar-refractivity contribution >= 4 is 23.2 Å². The predicted molar refractivity (Wildman–Crippen MR) is 70.4 cm³/mol. The minimum Gasteiger partial charge on any atom is -0.326 e. The molecule has 0 spiro atoms. The molecule has 0 aliphatic rings. The number of pyridine rings is 1. The van der Waals surface area contributed by atoms with Gasteiger partial charge >= 0.3 is 0 Å². The van der Waals surface area contributed by atoms with E-state index in [9.17, 15) is 4.79 Å². The summed E-state index contributed by atoms with van der Waals surface area (Å²) >= 11 is 11.9. The lowest BCUT2D eigenvalue weighted by Gasteiger charge is -2.06. The Labute approximate surface area is 108 Å². The van der Waals surface area contributed by atoms with Crippen LogP contribution >= 0.6 is 23.2 Å². The van der Waals surface area contributed by atoms with Crippen LogP contribution in [0.5, 0.6) is 0 Å². The van der Waals surface area contributed by atoms with E-state index in [4.69, 9.17) is 28.9 Å². The van der Waals surface area contributed by atoms with E-state index in [-0.39, 0.29) is 12.1 Å². The first-order chi connectivity index (χ1) is 8.11. The Morgan fingerprint density at radius 3 is 2.59 bits per heavy atom. The van der Waals surface area contributed by atoms with E-state index in [1.54, 1.807) is 30.3 Å². The van der Waals surface area contributed by atoms with E-state index in [0.717, 1.165) is 0 Å². The number of benzene rings is 1. The summed E-state index contributed by atoms with van der Waals surface area (Å²) in [7, 11) is 0. The molecule has 88 valence electrons. The van der Waals surface area contributed by atoms with Gasteiger partial charge in [-0.05, 0) is 24.3 Å². The first-order valence-corrected chi connectivity index (χ1v) is 5.75. The van der Waals surface area contributed by atoms with Crippen LogP contribution in [0.4, 0.5) is 0 Å². The number of aromatic nitrogens is 1. The minimum atomic E-state index is -0.207. The summed E-state index contributed by atoms with van der Waals surface area (Å²) in [5.74, 6) is 0. The molecule has 0 saturated carbocycles. The average molecular weight is 269 g/mol. The summed E-state index contributed by atoms with van der Waals surface area (Å²) in [6, 6.07) is 8.54. The van der Waals surface area contributed by atoms with E-state index >= 15 is 0 Å². The molecule has 3 N–H and O–H groups in total. The SMILES string of the molecule is NCc1ccc(-c2cc(Cl)ccc2Cl)[nH]c1=O. The highest BCUT2D eigenvalue weighted by Gasteiger charge is 2.06. The highest BCUT2D eigenvalue weighted by Crippen LogP contribution is 2.28. The molecule has 0 aliphatic heterocycles. The van der Waals surface area contributed by atoms with Gasteiger partial charge in [0, 0.05) is 33.4 Å². The predicted octanol–water partition coefficient (Wildman–Crippen LogP) is 2.81. The number of hydrogen-bond acceptors (Lipinski definition) is 2. The third-order valence-electron chi connectivity index (χ3n) is 2.43. The number of halogens is 2. The van der Waals surface area contributed by atoms with Gasteiger partial charge in [-0.25, -0.2) is 0 Å². The molecular weight excluding hydrogens is 259 g/mol. The molecule has 1 aromatic heterocycles. The monoisotopic (exact) mass is 268 g/mol. The maximum Gasteiger partial charge on any atom is 0.252 e. The third-order valence-corrected chi connectivity index (χ3v) is 2.99. The molecule has 1 aromatic carbocycles. The highest BCUT2D eigenvalue weighted by atomic mass is 35.5. The van der Waals surface area contributed by atoms with Crippen molar-refractivity contribution in [2.75, 3.05) is 0 Å². The van der Waals surface area contributed by atoms with E-state index < -0.39 is 0 Å². The Morgan fingerprint density at radius 2 is 1.94 bits per heavy atom. The van der Waals surface area contributed by atoms with Crippen LogP contribution in [-0.4, -0.2) is 4.98 Å². The molecule has 0 atom stereocenters. The van der Waals surface area contributed by atoms with Crippen molar-refractivity contribution in [2.45, 2.75) is 6.54 Å². The lowest BCUT2D eigenvalue weighted by molar-refractivity contribution is 1.02. The number of rotatable bonds is 2. The van der Waals surface area contributed by atoms with Gasteiger partial charge in [0.05, 0.1) is 0 Å². The van der Waals surface area contributed by atoms with Crippen LogP contribution in [0.25, 0.3) is 11.3 Å². The van der Waals surface area contributed by atoms with Gasteiger partial charge in [0.25, 0.3) is 5.56 Å². The molecule has 5 heteroatoms. The smallest absolute Gasteiger partial charge is 0.252 e. The first kappa shape index (κ1) is 12.2. The zero-order valence-corrected chi connectivity index (χ0v) is 10.3. The van der Waals surface area contributed by atoms with Crippen molar-refractivity contribution in [3.63, 3.8) is 0 Å². The summed E-state index contributed by atoms with van der Waals surface area (Å²) in [5, 5.41) is 1.10. The molecule has 2 aromatic rings. The molecule has 17 heavy (non-hydrogen) atoms. The molecule has 3 nitrogen and oxygen atoms in total. The summed E-state index contributed by atoms with van der Waals surface area (Å²) in [4.78, 5) is 14.4. The van der Waals surface area contributed by atoms with Gasteiger partial charge in [0.15, 0.2) is 0 Å². The molecule has 0 bridgehead atoms.